The number of nitrogens with zero attached hydrogens (tertiary/aromatic N) is 3. The number of nitrogens with one attached hydrogen (secondary N) is 2. The number of thioether (sulfide) groups is 1. The number of benzene rings is 2. The van der Waals surface area contributed by atoms with E-state index < -0.39 is 0 Å². The zero-order valence-corrected chi connectivity index (χ0v) is 16.0. The maximum Gasteiger partial charge on any atom is 0.234 e. The third-order valence-corrected chi connectivity index (χ3v) is 4.95. The van der Waals surface area contributed by atoms with Crippen LogP contribution >= 0.6 is 11.8 Å². The van der Waals surface area contributed by atoms with Gasteiger partial charge in [0.25, 0.3) is 0 Å². The van der Waals surface area contributed by atoms with Crippen molar-refractivity contribution in [2.24, 2.45) is 0 Å². The average molecular weight is 395 g/mol. The minimum atomic E-state index is -0.181. The van der Waals surface area contributed by atoms with Gasteiger partial charge in [-0.05, 0) is 30.3 Å². The van der Waals surface area contributed by atoms with Crippen LogP contribution in [0.25, 0.3) is 22.1 Å². The first-order valence-electron chi connectivity index (χ1n) is 8.44. The summed E-state index contributed by atoms with van der Waals surface area (Å²) < 4.78 is 10.5. The highest BCUT2D eigenvalue weighted by Gasteiger charge is 2.12. The number of carbonyl (C=O) groups is 1. The third-order valence-electron chi connectivity index (χ3n) is 4.12. The van der Waals surface area contributed by atoms with E-state index in [4.69, 9.17) is 9.47 Å². The number of H-pyrrole nitrogens is 1. The molecule has 8 nitrogen and oxygen atoms in total. The van der Waals surface area contributed by atoms with Crippen molar-refractivity contribution in [3.8, 4) is 11.5 Å². The van der Waals surface area contributed by atoms with E-state index >= 15 is 0 Å². The van der Waals surface area contributed by atoms with Crippen LogP contribution in [0.5, 0.6) is 11.5 Å². The maximum atomic E-state index is 12.2. The van der Waals surface area contributed by atoms with Gasteiger partial charge in [-0.2, -0.15) is 0 Å². The molecule has 0 saturated carbocycles. The van der Waals surface area contributed by atoms with Crippen LogP contribution in [0.15, 0.2) is 47.6 Å². The molecule has 2 N–H and O–H groups in total. The van der Waals surface area contributed by atoms with Crippen molar-refractivity contribution in [2.75, 3.05) is 25.3 Å². The number of fused-ring (bicyclic) bond motifs is 3. The van der Waals surface area contributed by atoms with Crippen molar-refractivity contribution < 1.29 is 14.3 Å². The first kappa shape index (κ1) is 18.1. The number of carbonyl (C=O) groups excluding carboxylic acids is 1. The second kappa shape index (κ2) is 7.73. The summed E-state index contributed by atoms with van der Waals surface area (Å²) >= 11 is 1.21. The van der Waals surface area contributed by atoms with Gasteiger partial charge in [-0.1, -0.05) is 23.9 Å². The number of methoxy groups -OCH3 is 2. The Bertz CT molecular complexity index is 1160. The second-order valence-electron chi connectivity index (χ2n) is 5.87. The molecule has 9 heteroatoms. The van der Waals surface area contributed by atoms with E-state index in [2.05, 4.69) is 25.5 Å². The number of anilines is 1. The number of aromatic amines is 1. The lowest BCUT2D eigenvalue weighted by molar-refractivity contribution is -0.113. The topological polar surface area (TPSA) is 102 Å². The molecule has 0 aliphatic carbocycles. The zero-order valence-electron chi connectivity index (χ0n) is 15.2. The van der Waals surface area contributed by atoms with Crippen molar-refractivity contribution in [2.45, 2.75) is 5.16 Å². The minimum absolute atomic E-state index is 0.152. The molecule has 28 heavy (non-hydrogen) atoms. The van der Waals surface area contributed by atoms with Crippen LogP contribution in [0.4, 0.5) is 5.69 Å². The number of rotatable bonds is 6. The molecule has 0 aliphatic heterocycles. The smallest absolute Gasteiger partial charge is 0.234 e. The molecule has 2 aromatic heterocycles. The molecule has 142 valence electrons. The molecule has 1 amide bonds. The number of hydrogen-bond acceptors (Lipinski definition) is 7. The number of para-hydroxylation sites is 2. The Hall–Kier alpha value is -3.33. The normalized spacial score (nSPS) is 10.9. The molecule has 0 fully saturated rings. The van der Waals surface area contributed by atoms with Gasteiger partial charge in [0, 0.05) is 10.9 Å². The predicted octanol–water partition coefficient (Wildman–Crippen LogP) is 3.25. The summed E-state index contributed by atoms with van der Waals surface area (Å²) in [5.74, 6) is 1.31. The first-order chi connectivity index (χ1) is 13.7. The van der Waals surface area contributed by atoms with Gasteiger partial charge in [-0.15, -0.1) is 10.2 Å². The Morgan fingerprint density at radius 3 is 2.82 bits per heavy atom. The number of amides is 1. The molecular weight excluding hydrogens is 378 g/mol. The Kier molecular flexibility index (Phi) is 4.98. The highest BCUT2D eigenvalue weighted by molar-refractivity contribution is 7.99. The van der Waals surface area contributed by atoms with Gasteiger partial charge in [0.05, 0.1) is 25.7 Å². The predicted molar refractivity (Wildman–Crippen MR) is 108 cm³/mol. The summed E-state index contributed by atoms with van der Waals surface area (Å²) in [6, 6.07) is 12.9. The van der Waals surface area contributed by atoms with Gasteiger partial charge in [-0.25, -0.2) is 4.98 Å². The second-order valence-corrected chi connectivity index (χ2v) is 6.81. The van der Waals surface area contributed by atoms with Gasteiger partial charge in [0.1, 0.15) is 17.0 Å². The van der Waals surface area contributed by atoms with Crippen LogP contribution in [0.1, 0.15) is 0 Å². The largest absolute Gasteiger partial charge is 0.497 e. The molecular formula is C19H17N5O3S. The molecule has 2 heterocycles. The number of aromatic nitrogens is 4. The lowest BCUT2D eigenvalue weighted by atomic mass is 10.2. The summed E-state index contributed by atoms with van der Waals surface area (Å²) in [5, 5.41) is 12.5. The molecule has 0 aliphatic rings. The van der Waals surface area contributed by atoms with E-state index in [9.17, 15) is 4.79 Å². The van der Waals surface area contributed by atoms with Gasteiger partial charge in [0.2, 0.25) is 11.1 Å². The summed E-state index contributed by atoms with van der Waals surface area (Å²) in [6.07, 6.45) is 0. The zero-order chi connectivity index (χ0) is 19.5. The SMILES string of the molecule is COc1ccc2[nH]c3nc(SCC(=O)Nc4ccccc4OC)nnc3c2c1. The fraction of sp³-hybridized carbons (Fsp3) is 0.158. The van der Waals surface area contributed by atoms with E-state index in [0.29, 0.717) is 27.8 Å². The summed E-state index contributed by atoms with van der Waals surface area (Å²) in [6.45, 7) is 0. The van der Waals surface area contributed by atoms with Gasteiger partial charge >= 0.3 is 0 Å². The van der Waals surface area contributed by atoms with Crippen molar-refractivity contribution >= 4 is 45.4 Å². The van der Waals surface area contributed by atoms with Crippen LogP contribution in [0, 0.1) is 0 Å². The van der Waals surface area contributed by atoms with E-state index in [1.807, 2.05) is 30.3 Å². The fourth-order valence-corrected chi connectivity index (χ4v) is 3.37. The molecule has 0 saturated heterocycles. The van der Waals surface area contributed by atoms with E-state index in [0.717, 1.165) is 16.7 Å². The number of hydrogen-bond donors (Lipinski definition) is 2. The van der Waals surface area contributed by atoms with E-state index in [1.165, 1.54) is 11.8 Å². The quantitative estimate of drug-likeness (QED) is 0.483. The average Bonchev–Trinajstić information content (AvgIpc) is 3.09. The standard InChI is InChI=1S/C19H17N5O3S/c1-26-11-7-8-13-12(9-11)17-18(21-13)22-19(24-23-17)28-10-16(25)20-14-5-3-4-6-15(14)27-2/h3-9H,10H2,1-2H3,(H,20,25)(H,21,22,24). The van der Waals surface area contributed by atoms with Crippen molar-refractivity contribution in [3.05, 3.63) is 42.5 Å². The van der Waals surface area contributed by atoms with Gasteiger partial charge < -0.3 is 19.8 Å². The van der Waals surface area contributed by atoms with Crippen LogP contribution in [-0.4, -0.2) is 46.0 Å². The van der Waals surface area contributed by atoms with Crippen LogP contribution < -0.4 is 14.8 Å². The highest BCUT2D eigenvalue weighted by Crippen LogP contribution is 2.27. The van der Waals surface area contributed by atoms with Crippen molar-refractivity contribution in [1.29, 1.82) is 0 Å². The van der Waals surface area contributed by atoms with Crippen LogP contribution in [0.2, 0.25) is 0 Å². The fourth-order valence-electron chi connectivity index (χ4n) is 2.79. The lowest BCUT2D eigenvalue weighted by Gasteiger charge is -2.09. The molecule has 0 spiro atoms. The molecule has 4 aromatic rings. The molecule has 2 aromatic carbocycles. The molecule has 0 radical (unpaired) electrons. The van der Waals surface area contributed by atoms with E-state index in [-0.39, 0.29) is 11.7 Å². The van der Waals surface area contributed by atoms with E-state index in [1.54, 1.807) is 26.4 Å². The Morgan fingerprint density at radius 1 is 1.14 bits per heavy atom. The van der Waals surface area contributed by atoms with Gasteiger partial charge in [0.15, 0.2) is 5.65 Å². The molecule has 4 rings (SSSR count). The van der Waals surface area contributed by atoms with Gasteiger partial charge in [-0.3, -0.25) is 4.79 Å². The molecule has 0 atom stereocenters. The van der Waals surface area contributed by atoms with Crippen LogP contribution in [0.3, 0.4) is 0 Å². The van der Waals surface area contributed by atoms with Crippen molar-refractivity contribution in [3.63, 3.8) is 0 Å². The maximum absolute atomic E-state index is 12.2. The monoisotopic (exact) mass is 395 g/mol. The molecule has 0 unspecified atom stereocenters. The third kappa shape index (κ3) is 3.56. The van der Waals surface area contributed by atoms with Crippen molar-refractivity contribution in [1.82, 2.24) is 20.2 Å². The highest BCUT2D eigenvalue weighted by atomic mass is 32.2. The molecule has 0 bridgehead atoms. The Labute approximate surface area is 164 Å². The summed E-state index contributed by atoms with van der Waals surface area (Å²) in [5.41, 5.74) is 2.80. The number of ether oxygens (including phenoxy) is 2. The Morgan fingerprint density at radius 2 is 2.00 bits per heavy atom. The lowest BCUT2D eigenvalue weighted by Crippen LogP contribution is -2.15. The minimum Gasteiger partial charge on any atom is -0.497 e. The summed E-state index contributed by atoms with van der Waals surface area (Å²) in [7, 11) is 3.18. The van der Waals surface area contributed by atoms with Crippen LogP contribution in [-0.2, 0) is 4.79 Å². The summed E-state index contributed by atoms with van der Waals surface area (Å²) in [4.78, 5) is 19.9. The Balaban J connectivity index is 1.49. The first-order valence-corrected chi connectivity index (χ1v) is 9.42.